The van der Waals surface area contributed by atoms with Crippen LogP contribution in [0.25, 0.3) is 0 Å². The summed E-state index contributed by atoms with van der Waals surface area (Å²) in [6.45, 7) is 2.03. The molecule has 0 unspecified atom stereocenters. The smallest absolute Gasteiger partial charge is 0.234 e. The SMILES string of the molecule is Cc1ccc(Oc2ccc(NC(=O)CSc3nnc(N)s3)cc2)cc1. The van der Waals surface area contributed by atoms with Crippen LogP contribution in [0.1, 0.15) is 5.56 Å². The van der Waals surface area contributed by atoms with Crippen molar-refractivity contribution in [3.63, 3.8) is 0 Å². The number of amides is 1. The Bertz CT molecular complexity index is 848. The number of carbonyl (C=O) groups excluding carboxylic acids is 1. The molecule has 3 aromatic rings. The molecule has 0 fully saturated rings. The zero-order valence-electron chi connectivity index (χ0n) is 13.4. The first kappa shape index (κ1) is 17.2. The van der Waals surface area contributed by atoms with Crippen LogP contribution in [-0.4, -0.2) is 21.9 Å². The number of rotatable bonds is 6. The zero-order valence-corrected chi connectivity index (χ0v) is 15.1. The summed E-state index contributed by atoms with van der Waals surface area (Å²) in [6.07, 6.45) is 0. The summed E-state index contributed by atoms with van der Waals surface area (Å²) in [4.78, 5) is 12.0. The molecule has 6 nitrogen and oxygen atoms in total. The van der Waals surface area contributed by atoms with Crippen LogP contribution in [0.4, 0.5) is 10.8 Å². The van der Waals surface area contributed by atoms with Crippen LogP contribution in [0.3, 0.4) is 0 Å². The van der Waals surface area contributed by atoms with Gasteiger partial charge in [-0.15, -0.1) is 10.2 Å². The number of aromatic nitrogens is 2. The lowest BCUT2D eigenvalue weighted by molar-refractivity contribution is -0.113. The van der Waals surface area contributed by atoms with E-state index in [-0.39, 0.29) is 11.7 Å². The molecule has 1 heterocycles. The molecule has 0 saturated carbocycles. The monoisotopic (exact) mass is 372 g/mol. The van der Waals surface area contributed by atoms with Gasteiger partial charge in [0.15, 0.2) is 4.34 Å². The van der Waals surface area contributed by atoms with Gasteiger partial charge in [0.2, 0.25) is 11.0 Å². The lowest BCUT2D eigenvalue weighted by Crippen LogP contribution is -2.13. The van der Waals surface area contributed by atoms with Crippen LogP contribution in [0.15, 0.2) is 52.9 Å². The highest BCUT2D eigenvalue weighted by molar-refractivity contribution is 8.01. The lowest BCUT2D eigenvalue weighted by atomic mass is 10.2. The van der Waals surface area contributed by atoms with E-state index in [1.807, 2.05) is 43.3 Å². The molecule has 0 saturated heterocycles. The summed E-state index contributed by atoms with van der Waals surface area (Å²) in [5.41, 5.74) is 7.39. The first-order chi connectivity index (χ1) is 12.1. The summed E-state index contributed by atoms with van der Waals surface area (Å²) in [5.74, 6) is 1.61. The zero-order chi connectivity index (χ0) is 17.6. The number of nitrogens with one attached hydrogen (secondary N) is 1. The second-order valence-corrected chi connectivity index (χ2v) is 7.41. The Hall–Kier alpha value is -2.58. The van der Waals surface area contributed by atoms with Crippen molar-refractivity contribution < 1.29 is 9.53 Å². The molecule has 3 N–H and O–H groups in total. The number of nitrogens with zero attached hydrogens (tertiary/aromatic N) is 2. The molecule has 0 spiro atoms. The number of ether oxygens (including phenoxy) is 1. The van der Waals surface area contributed by atoms with Crippen molar-refractivity contribution in [3.05, 3.63) is 54.1 Å². The van der Waals surface area contributed by atoms with E-state index in [4.69, 9.17) is 10.5 Å². The maximum atomic E-state index is 12.0. The molecule has 3 rings (SSSR count). The van der Waals surface area contributed by atoms with Gasteiger partial charge in [-0.3, -0.25) is 4.79 Å². The van der Waals surface area contributed by atoms with Gasteiger partial charge in [-0.2, -0.15) is 0 Å². The number of thioether (sulfide) groups is 1. The molecule has 128 valence electrons. The standard InChI is InChI=1S/C17H16N4O2S2/c1-11-2-6-13(7-3-11)23-14-8-4-12(5-9-14)19-15(22)10-24-17-21-20-16(18)25-17/h2-9H,10H2,1H3,(H2,18,20)(H,19,22). The number of aryl methyl sites for hydroxylation is 1. The van der Waals surface area contributed by atoms with Crippen LogP contribution in [0.5, 0.6) is 11.5 Å². The molecule has 1 amide bonds. The van der Waals surface area contributed by atoms with E-state index >= 15 is 0 Å². The van der Waals surface area contributed by atoms with E-state index in [1.165, 1.54) is 28.7 Å². The summed E-state index contributed by atoms with van der Waals surface area (Å²) in [5, 5.41) is 10.8. The molecule has 0 atom stereocenters. The number of hydrogen-bond donors (Lipinski definition) is 2. The molecule has 1 aromatic heterocycles. The van der Waals surface area contributed by atoms with Crippen LogP contribution < -0.4 is 15.8 Å². The van der Waals surface area contributed by atoms with Crippen molar-refractivity contribution in [1.29, 1.82) is 0 Å². The topological polar surface area (TPSA) is 90.1 Å². The number of anilines is 2. The molecular formula is C17H16N4O2S2. The Kier molecular flexibility index (Phi) is 5.52. The van der Waals surface area contributed by atoms with Gasteiger partial charge in [0.05, 0.1) is 5.75 Å². The minimum absolute atomic E-state index is 0.119. The predicted molar refractivity (Wildman–Crippen MR) is 101 cm³/mol. The largest absolute Gasteiger partial charge is 0.457 e. The van der Waals surface area contributed by atoms with Gasteiger partial charge < -0.3 is 15.8 Å². The molecule has 0 aliphatic heterocycles. The number of benzene rings is 2. The van der Waals surface area contributed by atoms with Crippen molar-refractivity contribution in [3.8, 4) is 11.5 Å². The fourth-order valence-corrected chi connectivity index (χ4v) is 3.39. The van der Waals surface area contributed by atoms with Gasteiger partial charge in [-0.05, 0) is 43.3 Å². The first-order valence-electron chi connectivity index (χ1n) is 7.45. The van der Waals surface area contributed by atoms with Crippen LogP contribution in [0.2, 0.25) is 0 Å². The van der Waals surface area contributed by atoms with E-state index in [2.05, 4.69) is 15.5 Å². The second-order valence-electron chi connectivity index (χ2n) is 5.18. The lowest BCUT2D eigenvalue weighted by Gasteiger charge is -2.08. The van der Waals surface area contributed by atoms with Gasteiger partial charge >= 0.3 is 0 Å². The molecule has 0 aliphatic carbocycles. The quantitative estimate of drug-likeness (QED) is 0.637. The maximum Gasteiger partial charge on any atom is 0.234 e. The van der Waals surface area contributed by atoms with Gasteiger partial charge in [0.1, 0.15) is 11.5 Å². The van der Waals surface area contributed by atoms with Crippen LogP contribution >= 0.6 is 23.1 Å². The molecule has 0 aliphatic rings. The molecule has 25 heavy (non-hydrogen) atoms. The average molecular weight is 372 g/mol. The summed E-state index contributed by atoms with van der Waals surface area (Å²) in [7, 11) is 0. The third-order valence-corrected chi connectivity index (χ3v) is 5.03. The summed E-state index contributed by atoms with van der Waals surface area (Å²) in [6, 6.07) is 15.1. The number of hydrogen-bond acceptors (Lipinski definition) is 7. The van der Waals surface area contributed by atoms with Gasteiger partial charge in [0, 0.05) is 5.69 Å². The molecule has 8 heteroatoms. The van der Waals surface area contributed by atoms with Crippen LogP contribution in [0, 0.1) is 6.92 Å². The average Bonchev–Trinajstić information content (AvgIpc) is 3.02. The Morgan fingerprint density at radius 2 is 1.76 bits per heavy atom. The Labute approximate surface area is 153 Å². The summed E-state index contributed by atoms with van der Waals surface area (Å²) >= 11 is 2.56. The third kappa shape index (κ3) is 5.20. The fraction of sp³-hybridized carbons (Fsp3) is 0.118. The highest BCUT2D eigenvalue weighted by Gasteiger charge is 2.07. The molecule has 0 bridgehead atoms. The number of carbonyl (C=O) groups is 1. The second kappa shape index (κ2) is 8.00. The first-order valence-corrected chi connectivity index (χ1v) is 9.25. The normalized spacial score (nSPS) is 10.4. The Morgan fingerprint density at radius 3 is 2.36 bits per heavy atom. The fourth-order valence-electron chi connectivity index (χ4n) is 1.95. The molecular weight excluding hydrogens is 356 g/mol. The Morgan fingerprint density at radius 1 is 1.12 bits per heavy atom. The Balaban J connectivity index is 1.51. The van der Waals surface area contributed by atoms with Gasteiger partial charge in [0.25, 0.3) is 0 Å². The van der Waals surface area contributed by atoms with E-state index in [0.717, 1.165) is 5.75 Å². The molecule has 0 radical (unpaired) electrons. The predicted octanol–water partition coefficient (Wildman–Crippen LogP) is 3.95. The van der Waals surface area contributed by atoms with Crippen molar-refractivity contribution >= 4 is 39.8 Å². The highest BCUT2D eigenvalue weighted by Crippen LogP contribution is 2.25. The van der Waals surface area contributed by atoms with Crippen molar-refractivity contribution in [1.82, 2.24) is 10.2 Å². The summed E-state index contributed by atoms with van der Waals surface area (Å²) < 4.78 is 6.43. The number of nitrogen functional groups attached to an aromatic ring is 1. The van der Waals surface area contributed by atoms with Crippen LogP contribution in [-0.2, 0) is 4.79 Å². The maximum absolute atomic E-state index is 12.0. The van der Waals surface area contributed by atoms with Gasteiger partial charge in [-0.1, -0.05) is 40.8 Å². The number of nitrogens with two attached hydrogens (primary N) is 1. The van der Waals surface area contributed by atoms with E-state index in [1.54, 1.807) is 12.1 Å². The van der Waals surface area contributed by atoms with Crippen molar-refractivity contribution in [2.24, 2.45) is 0 Å². The van der Waals surface area contributed by atoms with E-state index in [0.29, 0.717) is 20.9 Å². The minimum atomic E-state index is -0.119. The van der Waals surface area contributed by atoms with Gasteiger partial charge in [-0.25, -0.2) is 0 Å². The third-order valence-electron chi connectivity index (χ3n) is 3.14. The minimum Gasteiger partial charge on any atom is -0.457 e. The molecule has 2 aromatic carbocycles. The van der Waals surface area contributed by atoms with Crippen molar-refractivity contribution in [2.45, 2.75) is 11.3 Å². The van der Waals surface area contributed by atoms with Crippen molar-refractivity contribution in [2.75, 3.05) is 16.8 Å². The highest BCUT2D eigenvalue weighted by atomic mass is 32.2. The van der Waals surface area contributed by atoms with E-state index < -0.39 is 0 Å². The van der Waals surface area contributed by atoms with E-state index in [9.17, 15) is 4.79 Å².